The molecule has 0 aliphatic carbocycles. The minimum atomic E-state index is -0.151. The number of nitrogens with one attached hydrogen (secondary N) is 1. The van der Waals surface area contributed by atoms with Crippen LogP contribution in [0.3, 0.4) is 0 Å². The molecule has 8 nitrogen and oxygen atoms in total. The maximum absolute atomic E-state index is 13.1. The van der Waals surface area contributed by atoms with Gasteiger partial charge in [-0.1, -0.05) is 0 Å². The number of carbonyl (C=O) groups is 1. The molecule has 152 valence electrons. The van der Waals surface area contributed by atoms with Gasteiger partial charge >= 0.3 is 0 Å². The summed E-state index contributed by atoms with van der Waals surface area (Å²) < 4.78 is 12.8. The second-order valence-electron chi connectivity index (χ2n) is 7.27. The van der Waals surface area contributed by atoms with Crippen LogP contribution in [0.4, 0.5) is 5.69 Å². The molecule has 0 radical (unpaired) electrons. The van der Waals surface area contributed by atoms with E-state index in [4.69, 9.17) is 9.47 Å². The average molecular weight is 387 g/mol. The van der Waals surface area contributed by atoms with E-state index in [1.165, 1.54) is 0 Å². The Morgan fingerprint density at radius 1 is 1.43 bits per heavy atom. The molecule has 2 atom stereocenters. The minimum absolute atomic E-state index is 0.0465. The van der Waals surface area contributed by atoms with E-state index in [0.29, 0.717) is 31.8 Å². The van der Waals surface area contributed by atoms with Crippen LogP contribution in [-0.2, 0) is 29.0 Å². The van der Waals surface area contributed by atoms with E-state index in [0.717, 1.165) is 22.6 Å². The minimum Gasteiger partial charge on any atom is -0.383 e. The standard InChI is InChI=1S/C20H29N5O3/c1-13-11-15-18(14(2)28-13)23-25(9-10-27-5)19(15)20(26)22-12-16-17(24(3)4)7-6-8-21-16/h6-8,13-14H,9-12H2,1-5H3,(H,22,26)/t13-,14+/m0/s1. The lowest BCUT2D eigenvalue weighted by Gasteiger charge is -2.24. The van der Waals surface area contributed by atoms with Gasteiger partial charge in [0.25, 0.3) is 5.91 Å². The third-order valence-electron chi connectivity index (χ3n) is 4.88. The summed E-state index contributed by atoms with van der Waals surface area (Å²) >= 11 is 0. The molecule has 28 heavy (non-hydrogen) atoms. The zero-order valence-electron chi connectivity index (χ0n) is 17.2. The summed E-state index contributed by atoms with van der Waals surface area (Å²) in [5.41, 5.74) is 4.20. The van der Waals surface area contributed by atoms with Gasteiger partial charge in [-0.2, -0.15) is 5.10 Å². The molecule has 0 saturated carbocycles. The smallest absolute Gasteiger partial charge is 0.270 e. The van der Waals surface area contributed by atoms with E-state index in [1.54, 1.807) is 18.0 Å². The quantitative estimate of drug-likeness (QED) is 0.782. The molecule has 0 bridgehead atoms. The van der Waals surface area contributed by atoms with Crippen LogP contribution in [0.25, 0.3) is 0 Å². The summed E-state index contributed by atoms with van der Waals surface area (Å²) in [5.74, 6) is -0.151. The lowest BCUT2D eigenvalue weighted by atomic mass is 9.99. The van der Waals surface area contributed by atoms with E-state index in [9.17, 15) is 4.79 Å². The molecule has 0 spiro atoms. The molecule has 3 heterocycles. The molecular weight excluding hydrogens is 358 g/mol. The number of rotatable bonds is 7. The highest BCUT2D eigenvalue weighted by Crippen LogP contribution is 2.31. The highest BCUT2D eigenvalue weighted by Gasteiger charge is 2.32. The van der Waals surface area contributed by atoms with Gasteiger partial charge in [0.1, 0.15) is 5.69 Å². The van der Waals surface area contributed by atoms with E-state index in [1.807, 2.05) is 45.0 Å². The van der Waals surface area contributed by atoms with Crippen molar-refractivity contribution in [2.75, 3.05) is 32.7 Å². The topological polar surface area (TPSA) is 81.5 Å². The maximum atomic E-state index is 13.1. The van der Waals surface area contributed by atoms with Crippen molar-refractivity contribution in [3.05, 3.63) is 41.0 Å². The SMILES string of the molecule is COCCn1nc2c(c1C(=O)NCc1ncccc1N(C)C)C[C@H](C)O[C@@H]2C. The van der Waals surface area contributed by atoms with Gasteiger partial charge in [-0.25, -0.2) is 0 Å². The van der Waals surface area contributed by atoms with E-state index >= 15 is 0 Å². The molecule has 8 heteroatoms. The molecule has 0 unspecified atom stereocenters. The predicted octanol–water partition coefficient (Wildman–Crippen LogP) is 1.94. The van der Waals surface area contributed by atoms with Gasteiger partial charge in [-0.3, -0.25) is 14.5 Å². The second kappa shape index (κ2) is 8.70. The molecule has 0 fully saturated rings. The molecule has 2 aromatic heterocycles. The van der Waals surface area contributed by atoms with Crippen molar-refractivity contribution in [2.45, 2.75) is 45.6 Å². The molecular formula is C20H29N5O3. The number of anilines is 1. The summed E-state index contributed by atoms with van der Waals surface area (Å²) in [4.78, 5) is 19.5. The number of hydrogen-bond acceptors (Lipinski definition) is 6. The van der Waals surface area contributed by atoms with Gasteiger partial charge in [-0.05, 0) is 26.0 Å². The van der Waals surface area contributed by atoms with E-state index in [2.05, 4.69) is 15.4 Å². The van der Waals surface area contributed by atoms with Gasteiger partial charge in [0, 0.05) is 39.4 Å². The summed E-state index contributed by atoms with van der Waals surface area (Å²) in [6.45, 7) is 5.33. The van der Waals surface area contributed by atoms with Crippen LogP contribution in [0.2, 0.25) is 0 Å². The van der Waals surface area contributed by atoms with Crippen molar-refractivity contribution < 1.29 is 14.3 Å². The Bertz CT molecular complexity index is 833. The van der Waals surface area contributed by atoms with Gasteiger partial charge in [0.15, 0.2) is 0 Å². The van der Waals surface area contributed by atoms with Crippen LogP contribution < -0.4 is 10.2 Å². The van der Waals surface area contributed by atoms with Crippen LogP contribution in [0.15, 0.2) is 18.3 Å². The first-order valence-corrected chi connectivity index (χ1v) is 9.55. The Labute approximate surface area is 165 Å². The third kappa shape index (κ3) is 4.18. The van der Waals surface area contributed by atoms with Crippen LogP contribution in [0, 0.1) is 0 Å². The van der Waals surface area contributed by atoms with Crippen molar-refractivity contribution in [1.29, 1.82) is 0 Å². The summed E-state index contributed by atoms with van der Waals surface area (Å²) in [5, 5.41) is 7.68. The first-order valence-electron chi connectivity index (χ1n) is 9.55. The molecule has 0 aromatic carbocycles. The molecule has 0 saturated heterocycles. The first-order chi connectivity index (χ1) is 13.4. The highest BCUT2D eigenvalue weighted by molar-refractivity contribution is 5.94. The second-order valence-corrected chi connectivity index (χ2v) is 7.27. The molecule has 2 aromatic rings. The average Bonchev–Trinajstić information content (AvgIpc) is 3.03. The van der Waals surface area contributed by atoms with Crippen LogP contribution in [0.5, 0.6) is 0 Å². The van der Waals surface area contributed by atoms with Gasteiger partial charge in [0.05, 0.1) is 49.0 Å². The lowest BCUT2D eigenvalue weighted by Crippen LogP contribution is -2.30. The fourth-order valence-electron chi connectivity index (χ4n) is 3.61. The monoisotopic (exact) mass is 387 g/mol. The van der Waals surface area contributed by atoms with Crippen LogP contribution in [0.1, 0.15) is 47.4 Å². The number of amides is 1. The van der Waals surface area contributed by atoms with Crippen LogP contribution >= 0.6 is 0 Å². The van der Waals surface area contributed by atoms with E-state index < -0.39 is 0 Å². The summed E-state index contributed by atoms with van der Waals surface area (Å²) in [7, 11) is 5.56. The normalized spacial score (nSPS) is 18.6. The van der Waals surface area contributed by atoms with Crippen molar-refractivity contribution in [2.24, 2.45) is 0 Å². The van der Waals surface area contributed by atoms with Crippen molar-refractivity contribution in [3.8, 4) is 0 Å². The largest absolute Gasteiger partial charge is 0.383 e. The zero-order valence-corrected chi connectivity index (χ0v) is 17.2. The molecule has 1 aliphatic rings. The molecule has 1 aliphatic heterocycles. The lowest BCUT2D eigenvalue weighted by molar-refractivity contribution is -0.00716. The zero-order chi connectivity index (χ0) is 20.3. The Kier molecular flexibility index (Phi) is 6.31. The number of pyridine rings is 1. The number of methoxy groups -OCH3 is 1. The molecule has 3 rings (SSSR count). The maximum Gasteiger partial charge on any atom is 0.270 e. The molecule has 1 N–H and O–H groups in total. The Morgan fingerprint density at radius 2 is 2.21 bits per heavy atom. The fraction of sp³-hybridized carbons (Fsp3) is 0.550. The number of ether oxygens (including phenoxy) is 2. The fourth-order valence-corrected chi connectivity index (χ4v) is 3.61. The first kappa shape index (κ1) is 20.3. The number of nitrogens with zero attached hydrogens (tertiary/aromatic N) is 4. The number of hydrogen-bond donors (Lipinski definition) is 1. The summed E-state index contributed by atoms with van der Waals surface area (Å²) in [6.07, 6.45) is 2.32. The van der Waals surface area contributed by atoms with Crippen molar-refractivity contribution >= 4 is 11.6 Å². The van der Waals surface area contributed by atoms with Gasteiger partial charge < -0.3 is 19.7 Å². The highest BCUT2D eigenvalue weighted by atomic mass is 16.5. The van der Waals surface area contributed by atoms with Gasteiger partial charge in [-0.15, -0.1) is 0 Å². The van der Waals surface area contributed by atoms with Crippen LogP contribution in [-0.4, -0.2) is 54.6 Å². The Morgan fingerprint density at radius 3 is 2.93 bits per heavy atom. The number of fused-ring (bicyclic) bond motifs is 1. The Balaban J connectivity index is 1.86. The number of aromatic nitrogens is 3. The Hall–Kier alpha value is -2.45. The van der Waals surface area contributed by atoms with E-state index in [-0.39, 0.29) is 18.1 Å². The third-order valence-corrected chi connectivity index (χ3v) is 4.88. The van der Waals surface area contributed by atoms with Crippen molar-refractivity contribution in [3.63, 3.8) is 0 Å². The predicted molar refractivity (Wildman–Crippen MR) is 107 cm³/mol. The van der Waals surface area contributed by atoms with Crippen molar-refractivity contribution in [1.82, 2.24) is 20.1 Å². The number of carbonyl (C=O) groups excluding carboxylic acids is 1. The molecule has 1 amide bonds. The van der Waals surface area contributed by atoms with Gasteiger partial charge in [0.2, 0.25) is 0 Å². The summed E-state index contributed by atoms with van der Waals surface area (Å²) in [6, 6.07) is 3.87.